The molecule has 0 N–H and O–H groups in total. The molecule has 2 aromatic rings. The van der Waals surface area contributed by atoms with E-state index in [9.17, 15) is 0 Å². The molecule has 1 heterocycles. The van der Waals surface area contributed by atoms with Crippen LogP contribution in [0.2, 0.25) is 0 Å². The predicted octanol–water partition coefficient (Wildman–Crippen LogP) is 3.48. The van der Waals surface area contributed by atoms with Gasteiger partial charge in [-0.15, -0.1) is 11.6 Å². The summed E-state index contributed by atoms with van der Waals surface area (Å²) in [5.74, 6) is 2.34. The molecule has 0 aliphatic heterocycles. The smallest absolute Gasteiger partial charge is 0.209 e. The lowest BCUT2D eigenvalue weighted by Gasteiger charge is -2.03. The minimum Gasteiger partial charge on any atom is -0.494 e. The third-order valence-electron chi connectivity index (χ3n) is 2.10. The van der Waals surface area contributed by atoms with Crippen molar-refractivity contribution in [3.05, 3.63) is 36.4 Å². The van der Waals surface area contributed by atoms with Crippen molar-refractivity contribution in [1.29, 1.82) is 0 Å². The highest BCUT2D eigenvalue weighted by Gasteiger charge is 2.06. The highest BCUT2D eigenvalue weighted by atomic mass is 35.5. The molecule has 0 saturated heterocycles. The summed E-state index contributed by atoms with van der Waals surface area (Å²) in [4.78, 5) is 4.05. The molecular weight excluding hydrogens is 226 g/mol. The van der Waals surface area contributed by atoms with E-state index in [4.69, 9.17) is 20.8 Å². The molecule has 0 fully saturated rings. The van der Waals surface area contributed by atoms with Crippen LogP contribution >= 0.6 is 11.6 Å². The fraction of sp³-hybridized carbons (Fsp3) is 0.250. The second-order valence-corrected chi connectivity index (χ2v) is 3.48. The van der Waals surface area contributed by atoms with Crippen LogP contribution in [-0.2, 0) is 5.88 Å². The van der Waals surface area contributed by atoms with Gasteiger partial charge in [0.25, 0.3) is 0 Å². The van der Waals surface area contributed by atoms with Crippen molar-refractivity contribution in [3.8, 4) is 17.1 Å². The molecule has 0 aliphatic carbocycles. The first-order valence-electron chi connectivity index (χ1n) is 5.07. The summed E-state index contributed by atoms with van der Waals surface area (Å²) in [6.45, 7) is 2.60. The zero-order valence-corrected chi connectivity index (χ0v) is 9.70. The normalized spacial score (nSPS) is 10.4. The van der Waals surface area contributed by atoms with Crippen LogP contribution in [0.3, 0.4) is 0 Å². The molecule has 1 aromatic heterocycles. The van der Waals surface area contributed by atoms with Gasteiger partial charge in [-0.05, 0) is 19.1 Å². The Bertz CT molecular complexity index is 468. The van der Waals surface area contributed by atoms with Crippen LogP contribution < -0.4 is 4.74 Å². The molecule has 0 spiro atoms. The van der Waals surface area contributed by atoms with Crippen LogP contribution in [0, 0.1) is 0 Å². The van der Waals surface area contributed by atoms with Crippen LogP contribution in [0.4, 0.5) is 0 Å². The van der Waals surface area contributed by atoms with Crippen LogP contribution in [0.1, 0.15) is 12.8 Å². The second kappa shape index (κ2) is 5.03. The summed E-state index contributed by atoms with van der Waals surface area (Å²) in [5.41, 5.74) is 0.940. The van der Waals surface area contributed by atoms with Crippen molar-refractivity contribution in [2.45, 2.75) is 12.8 Å². The number of hydrogen-bond donors (Lipinski definition) is 0. The number of alkyl halides is 1. The monoisotopic (exact) mass is 237 g/mol. The van der Waals surface area contributed by atoms with E-state index in [1.165, 1.54) is 0 Å². The second-order valence-electron chi connectivity index (χ2n) is 3.21. The van der Waals surface area contributed by atoms with Crippen LogP contribution in [0.25, 0.3) is 11.3 Å². The fourth-order valence-electron chi connectivity index (χ4n) is 1.41. The maximum absolute atomic E-state index is 5.63. The van der Waals surface area contributed by atoms with E-state index in [0.29, 0.717) is 18.3 Å². The highest BCUT2D eigenvalue weighted by Crippen LogP contribution is 2.24. The summed E-state index contributed by atoms with van der Waals surface area (Å²) >= 11 is 5.63. The van der Waals surface area contributed by atoms with Gasteiger partial charge in [0, 0.05) is 5.56 Å². The van der Waals surface area contributed by atoms with Gasteiger partial charge in [-0.2, -0.15) is 0 Å². The van der Waals surface area contributed by atoms with Crippen molar-refractivity contribution in [2.75, 3.05) is 6.61 Å². The molecule has 0 unspecified atom stereocenters. The quantitative estimate of drug-likeness (QED) is 0.764. The van der Waals surface area contributed by atoms with Gasteiger partial charge < -0.3 is 9.15 Å². The SMILES string of the molecule is CCOc1cccc(-c2cnc(CCl)o2)c1. The van der Waals surface area contributed by atoms with E-state index >= 15 is 0 Å². The molecule has 0 aliphatic rings. The molecule has 0 bridgehead atoms. The molecule has 84 valence electrons. The molecule has 16 heavy (non-hydrogen) atoms. The van der Waals surface area contributed by atoms with E-state index in [2.05, 4.69) is 4.98 Å². The third kappa shape index (κ3) is 2.36. The number of rotatable bonds is 4. The fourth-order valence-corrected chi connectivity index (χ4v) is 1.53. The predicted molar refractivity (Wildman–Crippen MR) is 62.7 cm³/mol. The standard InChI is InChI=1S/C12H12ClNO2/c1-2-15-10-5-3-4-9(6-10)11-8-14-12(7-13)16-11/h3-6,8H,2,7H2,1H3. The lowest BCUT2D eigenvalue weighted by Crippen LogP contribution is -1.90. The molecule has 0 radical (unpaired) electrons. The number of halogens is 1. The number of aromatic nitrogens is 1. The number of oxazole rings is 1. The largest absolute Gasteiger partial charge is 0.494 e. The number of ether oxygens (including phenoxy) is 1. The van der Waals surface area contributed by atoms with E-state index < -0.39 is 0 Å². The summed E-state index contributed by atoms with van der Waals surface area (Å²) in [7, 11) is 0. The zero-order chi connectivity index (χ0) is 11.4. The van der Waals surface area contributed by atoms with Gasteiger partial charge in [0.05, 0.1) is 18.7 Å². The van der Waals surface area contributed by atoms with Gasteiger partial charge in [-0.1, -0.05) is 12.1 Å². The van der Waals surface area contributed by atoms with E-state index in [1.54, 1.807) is 6.20 Å². The van der Waals surface area contributed by atoms with Gasteiger partial charge >= 0.3 is 0 Å². The van der Waals surface area contributed by atoms with Crippen molar-refractivity contribution in [3.63, 3.8) is 0 Å². The van der Waals surface area contributed by atoms with Crippen LogP contribution in [0.5, 0.6) is 5.75 Å². The Balaban J connectivity index is 2.28. The average Bonchev–Trinajstić information content (AvgIpc) is 2.78. The van der Waals surface area contributed by atoms with Crippen LogP contribution in [-0.4, -0.2) is 11.6 Å². The van der Waals surface area contributed by atoms with Crippen molar-refractivity contribution in [2.24, 2.45) is 0 Å². The lowest BCUT2D eigenvalue weighted by atomic mass is 10.2. The third-order valence-corrected chi connectivity index (χ3v) is 2.33. The van der Waals surface area contributed by atoms with Crippen molar-refractivity contribution >= 4 is 11.6 Å². The van der Waals surface area contributed by atoms with E-state index in [1.807, 2.05) is 31.2 Å². The summed E-state index contributed by atoms with van der Waals surface area (Å²) in [6, 6.07) is 7.69. The van der Waals surface area contributed by atoms with Gasteiger partial charge in [-0.25, -0.2) is 4.98 Å². The Morgan fingerprint density at radius 2 is 2.31 bits per heavy atom. The molecule has 1 aromatic carbocycles. The average molecular weight is 238 g/mol. The summed E-state index contributed by atoms with van der Waals surface area (Å²) in [6.07, 6.45) is 1.67. The number of benzene rings is 1. The van der Waals surface area contributed by atoms with Crippen LogP contribution in [0.15, 0.2) is 34.9 Å². The van der Waals surface area contributed by atoms with E-state index in [-0.39, 0.29) is 5.88 Å². The lowest BCUT2D eigenvalue weighted by molar-refractivity contribution is 0.340. The van der Waals surface area contributed by atoms with Crippen molar-refractivity contribution < 1.29 is 9.15 Å². The Kier molecular flexibility index (Phi) is 3.47. The molecule has 4 heteroatoms. The van der Waals surface area contributed by atoms with Gasteiger partial charge in [0.2, 0.25) is 5.89 Å². The Labute approximate surface area is 99.0 Å². The Morgan fingerprint density at radius 3 is 3.00 bits per heavy atom. The maximum atomic E-state index is 5.63. The minimum atomic E-state index is 0.283. The summed E-state index contributed by atoms with van der Waals surface area (Å²) in [5, 5.41) is 0. The number of nitrogens with zero attached hydrogens (tertiary/aromatic N) is 1. The van der Waals surface area contributed by atoms with Crippen molar-refractivity contribution in [1.82, 2.24) is 4.98 Å². The molecule has 3 nitrogen and oxygen atoms in total. The molecule has 0 atom stereocenters. The molecule has 0 amide bonds. The maximum Gasteiger partial charge on any atom is 0.209 e. The van der Waals surface area contributed by atoms with E-state index in [0.717, 1.165) is 11.3 Å². The summed E-state index contributed by atoms with van der Waals surface area (Å²) < 4.78 is 10.9. The first-order valence-corrected chi connectivity index (χ1v) is 5.61. The Morgan fingerprint density at radius 1 is 1.44 bits per heavy atom. The Hall–Kier alpha value is -1.48. The zero-order valence-electron chi connectivity index (χ0n) is 8.94. The topological polar surface area (TPSA) is 35.3 Å². The molecule has 2 rings (SSSR count). The van der Waals surface area contributed by atoms with Gasteiger partial charge in [0.1, 0.15) is 5.75 Å². The van der Waals surface area contributed by atoms with Gasteiger partial charge in [0.15, 0.2) is 5.76 Å². The van der Waals surface area contributed by atoms with Gasteiger partial charge in [-0.3, -0.25) is 0 Å². The number of hydrogen-bond acceptors (Lipinski definition) is 3. The molecular formula is C12H12ClNO2. The first-order chi connectivity index (χ1) is 7.83. The first kappa shape index (κ1) is 11.0. The minimum absolute atomic E-state index is 0.283. The molecule has 0 saturated carbocycles. The highest BCUT2D eigenvalue weighted by molar-refractivity contribution is 6.16.